The molecule has 0 atom stereocenters. The maximum atomic E-state index is 12.1. The summed E-state index contributed by atoms with van der Waals surface area (Å²) in [4.78, 5) is -0.00327. The monoisotopic (exact) mass is 296 g/mol. The van der Waals surface area contributed by atoms with Crippen LogP contribution in [-0.4, -0.2) is 26.3 Å². The van der Waals surface area contributed by atoms with Crippen molar-refractivity contribution in [1.29, 1.82) is 0 Å². The van der Waals surface area contributed by atoms with Gasteiger partial charge in [-0.2, -0.15) is 0 Å². The topological polar surface area (TPSA) is 63.4 Å². The van der Waals surface area contributed by atoms with Gasteiger partial charge < -0.3 is 5.73 Å². The van der Waals surface area contributed by atoms with Gasteiger partial charge in [0.05, 0.1) is 5.02 Å². The lowest BCUT2D eigenvalue weighted by Gasteiger charge is -2.17. The summed E-state index contributed by atoms with van der Waals surface area (Å²) in [6.07, 6.45) is 0. The molecule has 2 N–H and O–H groups in total. The Bertz CT molecular complexity index is 517. The van der Waals surface area contributed by atoms with E-state index in [9.17, 15) is 8.42 Å². The molecule has 0 spiro atoms. The van der Waals surface area contributed by atoms with E-state index in [4.69, 9.17) is 28.9 Å². The molecular formula is C10H14Cl2N2O2S. The highest BCUT2D eigenvalue weighted by Crippen LogP contribution is 2.30. The molecule has 1 aromatic rings. The fourth-order valence-corrected chi connectivity index (χ4v) is 3.39. The van der Waals surface area contributed by atoms with Gasteiger partial charge in [-0.1, -0.05) is 30.1 Å². The maximum absolute atomic E-state index is 12.1. The van der Waals surface area contributed by atoms with Crippen LogP contribution < -0.4 is 5.73 Å². The number of sulfonamides is 1. The zero-order valence-corrected chi connectivity index (χ0v) is 11.9. The van der Waals surface area contributed by atoms with E-state index in [2.05, 4.69) is 0 Å². The Morgan fingerprint density at radius 3 is 2.41 bits per heavy atom. The molecule has 7 heteroatoms. The van der Waals surface area contributed by atoms with E-state index >= 15 is 0 Å². The Kier molecular flexibility index (Phi) is 4.80. The minimum absolute atomic E-state index is 0.00327. The van der Waals surface area contributed by atoms with Crippen molar-refractivity contribution in [3.63, 3.8) is 0 Å². The molecule has 0 bridgehead atoms. The van der Waals surface area contributed by atoms with E-state index in [0.29, 0.717) is 17.1 Å². The molecule has 1 aromatic carbocycles. The maximum Gasteiger partial charge on any atom is 0.244 e. The van der Waals surface area contributed by atoms with Crippen molar-refractivity contribution in [3.8, 4) is 0 Å². The molecule has 0 fully saturated rings. The van der Waals surface area contributed by atoms with E-state index in [1.807, 2.05) is 0 Å². The van der Waals surface area contributed by atoms with Gasteiger partial charge in [0.2, 0.25) is 10.0 Å². The first-order chi connectivity index (χ1) is 7.84. The molecule has 1 rings (SSSR count). The van der Waals surface area contributed by atoms with E-state index < -0.39 is 10.0 Å². The average molecular weight is 297 g/mol. The normalized spacial score (nSPS) is 12.1. The summed E-state index contributed by atoms with van der Waals surface area (Å²) in [7, 11) is -2.13. The molecule has 0 aliphatic carbocycles. The number of nitrogens with zero attached hydrogens (tertiary/aromatic N) is 1. The largest absolute Gasteiger partial charge is 0.326 e. The van der Waals surface area contributed by atoms with Gasteiger partial charge in [-0.3, -0.25) is 0 Å². The summed E-state index contributed by atoms with van der Waals surface area (Å²) < 4.78 is 25.5. The standard InChI is InChI=1S/C10H14Cl2N2O2S/c1-3-14(2)17(15,16)9-5-8(11)4-7(6-13)10(9)12/h4-5H,3,6,13H2,1-2H3. The minimum atomic E-state index is -3.61. The van der Waals surface area contributed by atoms with Crippen LogP contribution in [0.5, 0.6) is 0 Å². The van der Waals surface area contributed by atoms with Crippen molar-refractivity contribution in [1.82, 2.24) is 4.31 Å². The fourth-order valence-electron chi connectivity index (χ4n) is 1.29. The Morgan fingerprint density at radius 2 is 1.94 bits per heavy atom. The Hall–Kier alpha value is -0.330. The number of hydrogen-bond acceptors (Lipinski definition) is 3. The highest BCUT2D eigenvalue weighted by atomic mass is 35.5. The molecule has 0 saturated heterocycles. The van der Waals surface area contributed by atoms with Crippen molar-refractivity contribution >= 4 is 33.2 Å². The van der Waals surface area contributed by atoms with Gasteiger partial charge >= 0.3 is 0 Å². The van der Waals surface area contributed by atoms with Gasteiger partial charge in [-0.05, 0) is 17.7 Å². The Morgan fingerprint density at radius 1 is 1.35 bits per heavy atom. The van der Waals surface area contributed by atoms with Crippen LogP contribution in [0, 0.1) is 0 Å². The number of halogens is 2. The van der Waals surface area contributed by atoms with E-state index in [1.165, 1.54) is 17.4 Å². The number of nitrogens with two attached hydrogens (primary N) is 1. The van der Waals surface area contributed by atoms with Crippen LogP contribution >= 0.6 is 23.2 Å². The minimum Gasteiger partial charge on any atom is -0.326 e. The van der Waals surface area contributed by atoms with Crippen molar-refractivity contribution in [2.75, 3.05) is 13.6 Å². The second-order valence-electron chi connectivity index (χ2n) is 3.50. The predicted molar refractivity (Wildman–Crippen MR) is 69.8 cm³/mol. The first-order valence-electron chi connectivity index (χ1n) is 4.99. The van der Waals surface area contributed by atoms with E-state index in [-0.39, 0.29) is 16.5 Å². The third kappa shape index (κ3) is 2.92. The summed E-state index contributed by atoms with van der Waals surface area (Å²) in [5.74, 6) is 0. The van der Waals surface area contributed by atoms with Gasteiger partial charge in [0.1, 0.15) is 4.90 Å². The van der Waals surface area contributed by atoms with Crippen LogP contribution in [0.15, 0.2) is 17.0 Å². The van der Waals surface area contributed by atoms with Gasteiger partial charge in [-0.25, -0.2) is 12.7 Å². The molecule has 0 heterocycles. The van der Waals surface area contributed by atoms with Crippen molar-refractivity contribution < 1.29 is 8.42 Å². The van der Waals surface area contributed by atoms with Crippen LogP contribution in [0.2, 0.25) is 10.0 Å². The quantitative estimate of drug-likeness (QED) is 0.925. The van der Waals surface area contributed by atoms with Crippen LogP contribution in [0.3, 0.4) is 0 Å². The second kappa shape index (κ2) is 5.54. The second-order valence-corrected chi connectivity index (χ2v) is 6.33. The van der Waals surface area contributed by atoms with E-state index in [1.54, 1.807) is 13.0 Å². The average Bonchev–Trinajstić information content (AvgIpc) is 2.30. The van der Waals surface area contributed by atoms with Crippen LogP contribution in [0.4, 0.5) is 0 Å². The lowest BCUT2D eigenvalue weighted by atomic mass is 10.2. The Balaban J connectivity index is 3.47. The lowest BCUT2D eigenvalue weighted by molar-refractivity contribution is 0.486. The van der Waals surface area contributed by atoms with Gasteiger partial charge in [0.25, 0.3) is 0 Å². The van der Waals surface area contributed by atoms with Crippen LogP contribution in [-0.2, 0) is 16.6 Å². The summed E-state index contributed by atoms with van der Waals surface area (Å²) in [6.45, 7) is 2.22. The third-order valence-electron chi connectivity index (χ3n) is 2.43. The van der Waals surface area contributed by atoms with E-state index in [0.717, 1.165) is 0 Å². The molecule has 0 unspecified atom stereocenters. The zero-order chi connectivity index (χ0) is 13.2. The summed E-state index contributed by atoms with van der Waals surface area (Å²) in [5.41, 5.74) is 6.00. The first kappa shape index (κ1) is 14.7. The molecule has 0 aromatic heterocycles. The van der Waals surface area contributed by atoms with Gasteiger partial charge in [0.15, 0.2) is 0 Å². The molecule has 96 valence electrons. The predicted octanol–water partition coefficient (Wildman–Crippen LogP) is 2.09. The number of hydrogen-bond donors (Lipinski definition) is 1. The molecule has 0 saturated carbocycles. The third-order valence-corrected chi connectivity index (χ3v) is 5.17. The fraction of sp³-hybridized carbons (Fsp3) is 0.400. The van der Waals surface area contributed by atoms with Gasteiger partial charge in [0, 0.05) is 25.2 Å². The summed E-state index contributed by atoms with van der Waals surface area (Å²) in [6, 6.07) is 2.90. The van der Waals surface area contributed by atoms with Crippen molar-refractivity contribution in [2.24, 2.45) is 5.73 Å². The molecule has 0 aliphatic rings. The highest BCUT2D eigenvalue weighted by molar-refractivity contribution is 7.89. The number of benzene rings is 1. The first-order valence-corrected chi connectivity index (χ1v) is 7.18. The van der Waals surface area contributed by atoms with Crippen molar-refractivity contribution in [3.05, 3.63) is 27.7 Å². The summed E-state index contributed by atoms with van der Waals surface area (Å²) >= 11 is 11.9. The summed E-state index contributed by atoms with van der Waals surface area (Å²) in [5, 5.41) is 0.440. The lowest BCUT2D eigenvalue weighted by Crippen LogP contribution is -2.27. The van der Waals surface area contributed by atoms with Crippen molar-refractivity contribution in [2.45, 2.75) is 18.4 Å². The van der Waals surface area contributed by atoms with Crippen LogP contribution in [0.25, 0.3) is 0 Å². The molecule has 17 heavy (non-hydrogen) atoms. The smallest absolute Gasteiger partial charge is 0.244 e. The molecular weight excluding hydrogens is 283 g/mol. The molecule has 0 amide bonds. The molecule has 0 radical (unpaired) electrons. The van der Waals surface area contributed by atoms with Crippen LogP contribution in [0.1, 0.15) is 12.5 Å². The number of rotatable bonds is 4. The highest BCUT2D eigenvalue weighted by Gasteiger charge is 2.24. The zero-order valence-electron chi connectivity index (χ0n) is 9.57. The molecule has 0 aliphatic heterocycles. The van der Waals surface area contributed by atoms with Gasteiger partial charge in [-0.15, -0.1) is 0 Å². The Labute approximate surface area is 111 Å². The SMILES string of the molecule is CCN(C)S(=O)(=O)c1cc(Cl)cc(CN)c1Cl. The molecule has 4 nitrogen and oxygen atoms in total.